The second kappa shape index (κ2) is 17.0. The van der Waals surface area contributed by atoms with E-state index in [0.29, 0.717) is 6.61 Å². The van der Waals surface area contributed by atoms with Gasteiger partial charge in [-0.3, -0.25) is 0 Å². The summed E-state index contributed by atoms with van der Waals surface area (Å²) >= 11 is 0. The second-order valence-corrected chi connectivity index (χ2v) is 5.59. The molecule has 0 bridgehead atoms. The lowest BCUT2D eigenvalue weighted by molar-refractivity contribution is 0.281. The monoisotopic (exact) mass is 258 g/mol. The Labute approximate surface area is 116 Å². The molecule has 0 amide bonds. The summed E-state index contributed by atoms with van der Waals surface area (Å²) < 4.78 is 0. The van der Waals surface area contributed by atoms with Gasteiger partial charge in [-0.1, -0.05) is 91.9 Å². The first-order valence-electron chi connectivity index (χ1n) is 7.92. The van der Waals surface area contributed by atoms with Crippen LogP contribution in [0.25, 0.3) is 0 Å². The quantitative estimate of drug-likeness (QED) is 0.405. The lowest BCUT2D eigenvalue weighted by Gasteiger charge is -2.10. The lowest BCUT2D eigenvalue weighted by atomic mass is 9.96. The van der Waals surface area contributed by atoms with Gasteiger partial charge in [-0.15, -0.1) is 0 Å². The zero-order valence-corrected chi connectivity index (χ0v) is 12.2. The maximum atomic E-state index is 8.68. The van der Waals surface area contributed by atoms with E-state index in [-0.39, 0.29) is 7.43 Å². The molecular weight excluding hydrogens is 220 g/mol. The van der Waals surface area contributed by atoms with Crippen LogP contribution in [0.15, 0.2) is 0 Å². The van der Waals surface area contributed by atoms with Crippen LogP contribution in [0.3, 0.4) is 0 Å². The van der Waals surface area contributed by atoms with Crippen molar-refractivity contribution in [1.29, 1.82) is 0 Å². The maximum absolute atomic E-state index is 8.68. The summed E-state index contributed by atoms with van der Waals surface area (Å²) in [5.41, 5.74) is 0. The second-order valence-electron chi connectivity index (χ2n) is 5.59. The lowest BCUT2D eigenvalue weighted by Crippen LogP contribution is -1.95. The van der Waals surface area contributed by atoms with Crippen molar-refractivity contribution in [3.63, 3.8) is 0 Å². The first-order chi connectivity index (χ1) is 8.31. The number of unbranched alkanes of at least 4 members (excludes halogenated alkanes) is 8. The van der Waals surface area contributed by atoms with Gasteiger partial charge in [0.25, 0.3) is 0 Å². The van der Waals surface area contributed by atoms with Crippen molar-refractivity contribution in [2.24, 2.45) is 5.92 Å². The summed E-state index contributed by atoms with van der Waals surface area (Å²) in [4.78, 5) is 0. The zero-order valence-electron chi connectivity index (χ0n) is 12.2. The summed E-state index contributed by atoms with van der Waals surface area (Å²) in [6, 6.07) is 0. The van der Waals surface area contributed by atoms with Crippen LogP contribution in [0.2, 0.25) is 0 Å². The van der Waals surface area contributed by atoms with Crippen LogP contribution < -0.4 is 0 Å². The molecule has 0 aliphatic heterocycles. The first kappa shape index (κ1) is 20.3. The third-order valence-corrected chi connectivity index (χ3v) is 3.66. The van der Waals surface area contributed by atoms with Gasteiger partial charge < -0.3 is 5.11 Å². The Morgan fingerprint density at radius 3 is 1.67 bits per heavy atom. The van der Waals surface area contributed by atoms with Crippen LogP contribution in [0.5, 0.6) is 0 Å². The van der Waals surface area contributed by atoms with E-state index in [2.05, 4.69) is 13.8 Å². The molecule has 0 aromatic heterocycles. The fourth-order valence-corrected chi connectivity index (χ4v) is 2.38. The molecule has 0 radical (unpaired) electrons. The van der Waals surface area contributed by atoms with E-state index < -0.39 is 0 Å². The van der Waals surface area contributed by atoms with Crippen molar-refractivity contribution >= 4 is 0 Å². The Bertz CT molecular complexity index is 134. The zero-order chi connectivity index (χ0) is 12.8. The van der Waals surface area contributed by atoms with Crippen molar-refractivity contribution in [3.8, 4) is 0 Å². The van der Waals surface area contributed by atoms with Gasteiger partial charge in [-0.2, -0.15) is 0 Å². The molecule has 1 atom stereocenters. The van der Waals surface area contributed by atoms with E-state index in [4.69, 9.17) is 5.11 Å². The van der Waals surface area contributed by atoms with Crippen LogP contribution in [0, 0.1) is 5.92 Å². The fraction of sp³-hybridized carbons (Fsp3) is 1.00. The molecule has 0 fully saturated rings. The van der Waals surface area contributed by atoms with Gasteiger partial charge in [0.15, 0.2) is 0 Å². The largest absolute Gasteiger partial charge is 0.396 e. The Morgan fingerprint density at radius 1 is 0.722 bits per heavy atom. The van der Waals surface area contributed by atoms with Gasteiger partial charge in [0.2, 0.25) is 0 Å². The van der Waals surface area contributed by atoms with Gasteiger partial charge in [0.05, 0.1) is 0 Å². The van der Waals surface area contributed by atoms with E-state index in [9.17, 15) is 0 Å². The predicted octanol–water partition coefficient (Wildman–Crippen LogP) is 5.95. The van der Waals surface area contributed by atoms with E-state index in [1.54, 1.807) is 0 Å². The molecule has 0 aromatic carbocycles. The highest BCUT2D eigenvalue weighted by Gasteiger charge is 2.01. The summed E-state index contributed by atoms with van der Waals surface area (Å²) in [6.45, 7) is 5.05. The minimum atomic E-state index is 0. The number of hydrogen-bond acceptors (Lipinski definition) is 1. The van der Waals surface area contributed by atoms with Crippen molar-refractivity contribution in [3.05, 3.63) is 0 Å². The van der Waals surface area contributed by atoms with Gasteiger partial charge in [-0.25, -0.2) is 0 Å². The third kappa shape index (κ3) is 16.0. The Balaban J connectivity index is 0. The number of aliphatic hydroxyl groups is 1. The Kier molecular flexibility index (Phi) is 19.1. The highest BCUT2D eigenvalue weighted by atomic mass is 16.2. The smallest absolute Gasteiger partial charge is 0.0431 e. The third-order valence-electron chi connectivity index (χ3n) is 3.66. The molecular formula is C17H38O. The van der Waals surface area contributed by atoms with Crippen LogP contribution in [0.4, 0.5) is 0 Å². The number of hydrogen-bond donors (Lipinski definition) is 1. The van der Waals surface area contributed by atoms with Gasteiger partial charge in [0.1, 0.15) is 0 Å². The summed E-state index contributed by atoms with van der Waals surface area (Å²) in [7, 11) is 0. The van der Waals surface area contributed by atoms with E-state index in [1.807, 2.05) is 0 Å². The summed E-state index contributed by atoms with van der Waals surface area (Å²) in [5.74, 6) is 0.912. The minimum absolute atomic E-state index is 0. The SMILES string of the molecule is C.CCCCCCCCC(C)CCCCCCO. The molecule has 0 heterocycles. The molecule has 1 unspecified atom stereocenters. The van der Waals surface area contributed by atoms with Gasteiger partial charge >= 0.3 is 0 Å². The van der Waals surface area contributed by atoms with Crippen molar-refractivity contribution in [2.75, 3.05) is 6.61 Å². The molecule has 0 rings (SSSR count). The molecule has 112 valence electrons. The highest BCUT2D eigenvalue weighted by Crippen LogP contribution is 2.17. The van der Waals surface area contributed by atoms with E-state index in [1.165, 1.54) is 70.6 Å². The molecule has 1 heteroatoms. The molecule has 1 N–H and O–H groups in total. The molecule has 18 heavy (non-hydrogen) atoms. The number of aliphatic hydroxyl groups excluding tert-OH is 1. The predicted molar refractivity (Wildman–Crippen MR) is 84.1 cm³/mol. The average molecular weight is 258 g/mol. The topological polar surface area (TPSA) is 20.2 Å². The molecule has 0 saturated carbocycles. The van der Waals surface area contributed by atoms with Crippen molar-refractivity contribution in [2.45, 2.75) is 98.3 Å². The number of rotatable bonds is 13. The average Bonchev–Trinajstić information content (AvgIpc) is 2.33. The fourth-order valence-electron chi connectivity index (χ4n) is 2.38. The molecule has 0 aliphatic rings. The normalized spacial score (nSPS) is 12.2. The van der Waals surface area contributed by atoms with Crippen LogP contribution in [-0.4, -0.2) is 11.7 Å². The van der Waals surface area contributed by atoms with Crippen LogP contribution in [-0.2, 0) is 0 Å². The van der Waals surface area contributed by atoms with Crippen LogP contribution >= 0.6 is 0 Å². The Morgan fingerprint density at radius 2 is 1.17 bits per heavy atom. The molecule has 1 nitrogen and oxygen atoms in total. The molecule has 0 aliphatic carbocycles. The van der Waals surface area contributed by atoms with Crippen molar-refractivity contribution in [1.82, 2.24) is 0 Å². The Hall–Kier alpha value is -0.0400. The van der Waals surface area contributed by atoms with Gasteiger partial charge in [0, 0.05) is 6.61 Å². The van der Waals surface area contributed by atoms with E-state index >= 15 is 0 Å². The first-order valence-corrected chi connectivity index (χ1v) is 7.92. The van der Waals surface area contributed by atoms with Crippen LogP contribution in [0.1, 0.15) is 98.3 Å². The molecule has 0 spiro atoms. The van der Waals surface area contributed by atoms with Gasteiger partial charge in [-0.05, 0) is 12.3 Å². The van der Waals surface area contributed by atoms with E-state index in [0.717, 1.165) is 12.3 Å². The standard InChI is InChI=1S/C16H34O.CH4/c1-3-4-5-6-7-10-13-16(2)14-11-8-9-12-15-17;/h16-17H,3-15H2,1-2H3;1H4. The molecule has 0 aromatic rings. The molecule has 0 saturated heterocycles. The minimum Gasteiger partial charge on any atom is -0.396 e. The highest BCUT2D eigenvalue weighted by molar-refractivity contribution is 4.55. The maximum Gasteiger partial charge on any atom is 0.0431 e. The summed E-state index contributed by atoms with van der Waals surface area (Å²) in [5, 5.41) is 8.68. The summed E-state index contributed by atoms with van der Waals surface area (Å²) in [6.07, 6.45) is 16.2. The van der Waals surface area contributed by atoms with Crippen molar-refractivity contribution < 1.29 is 5.11 Å².